The quantitative estimate of drug-likeness (QED) is 0.927. The van der Waals surface area contributed by atoms with E-state index in [1.165, 1.54) is 24.3 Å². The molecule has 1 aromatic heterocycles. The number of hydrogen-bond acceptors (Lipinski definition) is 3. The molecule has 2 aromatic rings. The van der Waals surface area contributed by atoms with Gasteiger partial charge in [-0.05, 0) is 48.9 Å². The molecular formula is C15H19N3S. The molecule has 100 valence electrons. The highest BCUT2D eigenvalue weighted by atomic mass is 32.2. The van der Waals surface area contributed by atoms with E-state index in [0.29, 0.717) is 11.3 Å². The first kappa shape index (κ1) is 12.6. The van der Waals surface area contributed by atoms with Gasteiger partial charge in [0, 0.05) is 29.4 Å². The van der Waals surface area contributed by atoms with Crippen LogP contribution in [-0.2, 0) is 0 Å². The molecule has 3 nitrogen and oxygen atoms in total. The largest absolute Gasteiger partial charge is 0.381 e. The molecule has 19 heavy (non-hydrogen) atoms. The van der Waals surface area contributed by atoms with Crippen LogP contribution in [0.5, 0.6) is 0 Å². The smallest absolute Gasteiger partial charge is 0.0647 e. The molecule has 0 aliphatic carbocycles. The first-order chi connectivity index (χ1) is 9.33. The number of nitrogens with zero attached hydrogens (tertiary/aromatic N) is 2. The van der Waals surface area contributed by atoms with Crippen LogP contribution in [-0.4, -0.2) is 26.8 Å². The Balaban J connectivity index is 1.69. The van der Waals surface area contributed by atoms with Gasteiger partial charge in [-0.2, -0.15) is 16.9 Å². The number of hydrogen-bond donors (Lipinski definition) is 1. The zero-order chi connectivity index (χ0) is 13.1. The third kappa shape index (κ3) is 2.95. The van der Waals surface area contributed by atoms with Crippen molar-refractivity contribution in [3.05, 3.63) is 42.7 Å². The minimum absolute atomic E-state index is 0.592. The molecule has 4 heteroatoms. The fourth-order valence-electron chi connectivity index (χ4n) is 2.46. The van der Waals surface area contributed by atoms with Crippen LogP contribution in [0.1, 0.15) is 19.8 Å². The van der Waals surface area contributed by atoms with Crippen LogP contribution < -0.4 is 5.32 Å². The lowest BCUT2D eigenvalue weighted by atomic mass is 10.1. The normalized spacial score (nSPS) is 23.2. The van der Waals surface area contributed by atoms with Gasteiger partial charge in [0.1, 0.15) is 0 Å². The lowest BCUT2D eigenvalue weighted by molar-refractivity contribution is 0.617. The highest BCUT2D eigenvalue weighted by molar-refractivity contribution is 8.00. The number of benzene rings is 1. The van der Waals surface area contributed by atoms with Crippen LogP contribution in [0.4, 0.5) is 5.69 Å². The maximum atomic E-state index is 4.24. The van der Waals surface area contributed by atoms with E-state index in [1.54, 1.807) is 6.20 Å². The highest BCUT2D eigenvalue weighted by Gasteiger charge is 2.21. The molecule has 1 saturated heterocycles. The van der Waals surface area contributed by atoms with Crippen molar-refractivity contribution in [2.75, 3.05) is 11.1 Å². The molecule has 1 aromatic carbocycles. The van der Waals surface area contributed by atoms with E-state index in [4.69, 9.17) is 0 Å². The Bertz CT molecular complexity index is 507. The van der Waals surface area contributed by atoms with E-state index in [1.807, 2.05) is 16.9 Å². The number of aromatic nitrogens is 2. The Morgan fingerprint density at radius 3 is 2.84 bits per heavy atom. The lowest BCUT2D eigenvalue weighted by Crippen LogP contribution is -2.32. The second-order valence-electron chi connectivity index (χ2n) is 4.97. The summed E-state index contributed by atoms with van der Waals surface area (Å²) < 4.78 is 1.88. The summed E-state index contributed by atoms with van der Waals surface area (Å²) in [5, 5.41) is 8.58. The second kappa shape index (κ2) is 5.70. The maximum absolute atomic E-state index is 4.24. The van der Waals surface area contributed by atoms with Crippen molar-refractivity contribution >= 4 is 17.4 Å². The van der Waals surface area contributed by atoms with Crippen molar-refractivity contribution in [1.82, 2.24) is 9.78 Å². The third-order valence-electron chi connectivity index (χ3n) is 3.60. The molecule has 0 spiro atoms. The van der Waals surface area contributed by atoms with Gasteiger partial charge in [0.15, 0.2) is 0 Å². The van der Waals surface area contributed by atoms with Gasteiger partial charge < -0.3 is 5.32 Å². The van der Waals surface area contributed by atoms with E-state index >= 15 is 0 Å². The summed E-state index contributed by atoms with van der Waals surface area (Å²) in [5.41, 5.74) is 2.30. The van der Waals surface area contributed by atoms with Crippen molar-refractivity contribution in [1.29, 1.82) is 0 Å². The first-order valence-electron chi connectivity index (χ1n) is 6.81. The van der Waals surface area contributed by atoms with Crippen molar-refractivity contribution < 1.29 is 0 Å². The lowest BCUT2D eigenvalue weighted by Gasteiger charge is -2.30. The van der Waals surface area contributed by atoms with E-state index in [-0.39, 0.29) is 0 Å². The Kier molecular flexibility index (Phi) is 3.78. The molecule has 2 heterocycles. The molecular weight excluding hydrogens is 254 g/mol. The summed E-state index contributed by atoms with van der Waals surface area (Å²) in [7, 11) is 0. The van der Waals surface area contributed by atoms with Crippen molar-refractivity contribution in [3.63, 3.8) is 0 Å². The summed E-state index contributed by atoms with van der Waals surface area (Å²) >= 11 is 2.07. The topological polar surface area (TPSA) is 29.9 Å². The SMILES string of the molecule is CC1SCCCC1Nc1ccc(-n2cccn2)cc1. The van der Waals surface area contributed by atoms with Crippen LogP contribution in [0, 0.1) is 0 Å². The van der Waals surface area contributed by atoms with Gasteiger partial charge in [0.05, 0.1) is 5.69 Å². The predicted molar refractivity (Wildman–Crippen MR) is 82.1 cm³/mol. The minimum atomic E-state index is 0.592. The molecule has 1 fully saturated rings. The highest BCUT2D eigenvalue weighted by Crippen LogP contribution is 2.27. The van der Waals surface area contributed by atoms with E-state index in [0.717, 1.165) is 5.69 Å². The Hall–Kier alpha value is -1.42. The van der Waals surface area contributed by atoms with Crippen LogP contribution >= 0.6 is 11.8 Å². The molecule has 2 unspecified atom stereocenters. The fraction of sp³-hybridized carbons (Fsp3) is 0.400. The maximum Gasteiger partial charge on any atom is 0.0647 e. The molecule has 1 N–H and O–H groups in total. The van der Waals surface area contributed by atoms with E-state index in [9.17, 15) is 0 Å². The molecule has 0 radical (unpaired) electrons. The average molecular weight is 273 g/mol. The average Bonchev–Trinajstić information content (AvgIpc) is 2.96. The fourth-order valence-corrected chi connectivity index (χ4v) is 3.60. The Morgan fingerprint density at radius 1 is 1.32 bits per heavy atom. The number of anilines is 1. The van der Waals surface area contributed by atoms with Crippen LogP contribution in [0.2, 0.25) is 0 Å². The standard InChI is InChI=1S/C15H19N3S/c1-12-15(4-2-11-19-12)17-13-5-7-14(8-6-13)18-10-3-9-16-18/h3,5-10,12,15,17H,2,4,11H2,1H3. The molecule has 1 aliphatic heterocycles. The van der Waals surface area contributed by atoms with Crippen LogP contribution in [0.25, 0.3) is 5.69 Å². The Labute approximate surface area is 118 Å². The van der Waals surface area contributed by atoms with E-state index < -0.39 is 0 Å². The van der Waals surface area contributed by atoms with Gasteiger partial charge in [0.2, 0.25) is 0 Å². The number of rotatable bonds is 3. The molecule has 0 saturated carbocycles. The number of nitrogens with one attached hydrogen (secondary N) is 1. The van der Waals surface area contributed by atoms with Crippen molar-refractivity contribution in [2.24, 2.45) is 0 Å². The molecule has 3 rings (SSSR count). The van der Waals surface area contributed by atoms with Gasteiger partial charge in [-0.25, -0.2) is 4.68 Å². The van der Waals surface area contributed by atoms with Gasteiger partial charge in [-0.15, -0.1) is 0 Å². The molecule has 0 amide bonds. The third-order valence-corrected chi connectivity index (χ3v) is 4.97. The molecule has 1 aliphatic rings. The second-order valence-corrected chi connectivity index (χ2v) is 6.45. The monoisotopic (exact) mass is 273 g/mol. The molecule has 2 atom stereocenters. The summed E-state index contributed by atoms with van der Waals surface area (Å²) in [4.78, 5) is 0. The summed E-state index contributed by atoms with van der Waals surface area (Å²) in [6, 6.07) is 11.0. The van der Waals surface area contributed by atoms with Gasteiger partial charge >= 0.3 is 0 Å². The minimum Gasteiger partial charge on any atom is -0.381 e. The Morgan fingerprint density at radius 2 is 2.16 bits per heavy atom. The van der Waals surface area contributed by atoms with E-state index in [2.05, 4.69) is 53.4 Å². The summed E-state index contributed by atoms with van der Waals surface area (Å²) in [6.07, 6.45) is 6.35. The zero-order valence-electron chi connectivity index (χ0n) is 11.1. The van der Waals surface area contributed by atoms with Crippen LogP contribution in [0.15, 0.2) is 42.7 Å². The summed E-state index contributed by atoms with van der Waals surface area (Å²) in [5.74, 6) is 1.30. The van der Waals surface area contributed by atoms with Gasteiger partial charge in [-0.1, -0.05) is 6.92 Å². The van der Waals surface area contributed by atoms with Crippen molar-refractivity contribution in [2.45, 2.75) is 31.1 Å². The summed E-state index contributed by atoms with van der Waals surface area (Å²) in [6.45, 7) is 2.32. The molecule has 0 bridgehead atoms. The van der Waals surface area contributed by atoms with Crippen LogP contribution in [0.3, 0.4) is 0 Å². The predicted octanol–water partition coefficient (Wildman–Crippen LogP) is 3.57. The first-order valence-corrected chi connectivity index (χ1v) is 7.86. The van der Waals surface area contributed by atoms with Gasteiger partial charge in [0.25, 0.3) is 0 Å². The van der Waals surface area contributed by atoms with Gasteiger partial charge in [-0.3, -0.25) is 0 Å². The number of thioether (sulfide) groups is 1. The zero-order valence-corrected chi connectivity index (χ0v) is 11.9. The van der Waals surface area contributed by atoms with Crippen molar-refractivity contribution in [3.8, 4) is 5.69 Å².